The van der Waals surface area contributed by atoms with Gasteiger partial charge in [0.15, 0.2) is 5.76 Å². The highest BCUT2D eigenvalue weighted by atomic mass is 19.3. The molecular weight excluding hydrogens is 408 g/mol. The summed E-state index contributed by atoms with van der Waals surface area (Å²) >= 11 is 0. The van der Waals surface area contributed by atoms with E-state index in [4.69, 9.17) is 0 Å². The van der Waals surface area contributed by atoms with E-state index in [0.29, 0.717) is 29.9 Å². The number of halogens is 2. The average molecular weight is 427 g/mol. The summed E-state index contributed by atoms with van der Waals surface area (Å²) in [6, 6.07) is 6.71. The lowest BCUT2D eigenvalue weighted by atomic mass is 9.82. The molecule has 7 nitrogen and oxygen atoms in total. The summed E-state index contributed by atoms with van der Waals surface area (Å²) < 4.78 is 35.7. The Hall–Kier alpha value is -3.49. The second-order valence-corrected chi connectivity index (χ2v) is 8.04. The van der Waals surface area contributed by atoms with E-state index < -0.39 is 11.7 Å². The van der Waals surface area contributed by atoms with Gasteiger partial charge >= 0.3 is 6.29 Å². The van der Waals surface area contributed by atoms with Crippen LogP contribution in [0.25, 0.3) is 11.3 Å². The second-order valence-electron chi connectivity index (χ2n) is 8.04. The smallest absolute Gasteiger partial charge is 0.400 e. The summed E-state index contributed by atoms with van der Waals surface area (Å²) in [6.07, 6.45) is 2.52. The van der Waals surface area contributed by atoms with Gasteiger partial charge in [-0.1, -0.05) is 12.1 Å². The Morgan fingerprint density at radius 3 is 2.81 bits per heavy atom. The van der Waals surface area contributed by atoms with Gasteiger partial charge in [-0.05, 0) is 49.5 Å². The number of anilines is 1. The van der Waals surface area contributed by atoms with Crippen molar-refractivity contribution in [2.24, 2.45) is 11.3 Å². The van der Waals surface area contributed by atoms with Crippen LogP contribution in [0, 0.1) is 18.3 Å². The minimum atomic E-state index is -3.66. The fraction of sp³-hybridized carbons (Fsp3) is 0.318. The molecule has 1 fully saturated rings. The number of pyridine rings is 2. The van der Waals surface area contributed by atoms with E-state index in [1.165, 1.54) is 12.1 Å². The van der Waals surface area contributed by atoms with Crippen LogP contribution in [0.5, 0.6) is 0 Å². The van der Waals surface area contributed by atoms with E-state index in [-0.39, 0.29) is 35.3 Å². The van der Waals surface area contributed by atoms with Crippen LogP contribution in [0.2, 0.25) is 0 Å². The van der Waals surface area contributed by atoms with Crippen LogP contribution in [-0.2, 0) is 14.3 Å². The van der Waals surface area contributed by atoms with Crippen molar-refractivity contribution in [1.29, 1.82) is 0 Å². The van der Waals surface area contributed by atoms with Gasteiger partial charge in [-0.2, -0.15) is 0 Å². The van der Waals surface area contributed by atoms with Crippen LogP contribution in [0.3, 0.4) is 0 Å². The van der Waals surface area contributed by atoms with E-state index in [0.717, 1.165) is 5.56 Å². The van der Waals surface area contributed by atoms with Crippen LogP contribution in [-0.4, -0.2) is 22.2 Å². The molecule has 0 radical (unpaired) electrons. The van der Waals surface area contributed by atoms with Gasteiger partial charge in [-0.25, -0.2) is 4.98 Å². The zero-order valence-corrected chi connectivity index (χ0v) is 16.6. The summed E-state index contributed by atoms with van der Waals surface area (Å²) in [5.74, 6) is -0.0444. The first-order chi connectivity index (χ1) is 14.8. The summed E-state index contributed by atoms with van der Waals surface area (Å²) in [4.78, 5) is 31.9. The monoisotopic (exact) mass is 427 g/mol. The number of carbonyl (C=O) groups is 1. The fourth-order valence-electron chi connectivity index (χ4n) is 4.14. The van der Waals surface area contributed by atoms with Gasteiger partial charge in [0.2, 0.25) is 11.5 Å². The summed E-state index contributed by atoms with van der Waals surface area (Å²) in [5.41, 5.74) is 1.16. The number of hydrogen-bond acceptors (Lipinski definition) is 5. The largest absolute Gasteiger partial charge is 0.585 e. The zero-order chi connectivity index (χ0) is 21.8. The third kappa shape index (κ3) is 3.49. The number of hydrogen-bond donors (Lipinski definition) is 2. The maximum atomic E-state index is 13.3. The van der Waals surface area contributed by atoms with Crippen molar-refractivity contribution in [3.63, 3.8) is 0 Å². The molecule has 3 aliphatic rings. The molecule has 9 heteroatoms. The molecule has 31 heavy (non-hydrogen) atoms. The number of amides is 1. The summed E-state index contributed by atoms with van der Waals surface area (Å²) in [5, 5.41) is 2.86. The zero-order valence-electron chi connectivity index (χ0n) is 16.6. The number of aryl methyl sites for hydroxylation is 1. The van der Waals surface area contributed by atoms with E-state index in [9.17, 15) is 18.4 Å². The van der Waals surface area contributed by atoms with Gasteiger partial charge < -0.3 is 19.8 Å². The molecule has 5 rings (SSSR count). The van der Waals surface area contributed by atoms with Crippen molar-refractivity contribution in [1.82, 2.24) is 9.97 Å². The molecule has 1 aliphatic heterocycles. The first-order valence-electron chi connectivity index (χ1n) is 9.91. The predicted octanol–water partition coefficient (Wildman–Crippen LogP) is 3.85. The van der Waals surface area contributed by atoms with Crippen molar-refractivity contribution in [3.05, 3.63) is 70.0 Å². The normalized spacial score (nSPS) is 22.4. The second kappa shape index (κ2) is 6.76. The molecule has 1 atom stereocenters. The van der Waals surface area contributed by atoms with E-state index in [1.54, 1.807) is 24.4 Å². The van der Waals surface area contributed by atoms with Crippen molar-refractivity contribution >= 4 is 11.7 Å². The molecule has 0 spiro atoms. The van der Waals surface area contributed by atoms with Gasteiger partial charge in [0.25, 0.3) is 0 Å². The van der Waals surface area contributed by atoms with Gasteiger partial charge in [0.1, 0.15) is 11.6 Å². The molecule has 1 saturated carbocycles. The topological polar surface area (TPSA) is 93.3 Å². The molecule has 0 saturated heterocycles. The highest BCUT2D eigenvalue weighted by molar-refractivity contribution is 5.97. The van der Waals surface area contributed by atoms with Crippen LogP contribution < -0.4 is 10.9 Å². The molecule has 1 unspecified atom stereocenters. The first-order valence-corrected chi connectivity index (χ1v) is 9.91. The maximum Gasteiger partial charge on any atom is 0.585 e. The SMILES string of the molecule is Cc1ccc(NC(=O)C2(C3C=CC4=C(C3)OC(F)(F)O4)CC2)nc1-c1cc[nH]c(=O)c1. The number of alkyl halides is 2. The highest BCUT2D eigenvalue weighted by Gasteiger charge is 2.57. The Labute approximate surface area is 175 Å². The van der Waals surface area contributed by atoms with Crippen LogP contribution in [0.1, 0.15) is 24.8 Å². The standard InChI is InChI=1S/C22H19F2N3O4/c1-12-2-5-17(26-19(12)13-6-9-25-18(28)10-13)27-20(29)21(7-8-21)14-3-4-15-16(11-14)31-22(23,24)30-15/h2-6,9-10,14H,7-8,11H2,1H3,(H,25,28)(H,26,27,29). The number of rotatable bonds is 4. The van der Waals surface area contributed by atoms with Gasteiger partial charge in [-0.15, -0.1) is 8.78 Å². The van der Waals surface area contributed by atoms with Crippen LogP contribution >= 0.6 is 0 Å². The Morgan fingerprint density at radius 1 is 1.26 bits per heavy atom. The van der Waals surface area contributed by atoms with Crippen LogP contribution in [0.4, 0.5) is 14.6 Å². The number of allylic oxidation sites excluding steroid dienone is 3. The lowest BCUT2D eigenvalue weighted by Crippen LogP contribution is -2.32. The number of aromatic nitrogens is 2. The molecule has 0 aromatic carbocycles. The van der Waals surface area contributed by atoms with Crippen molar-refractivity contribution in [3.8, 4) is 11.3 Å². The number of aromatic amines is 1. The van der Waals surface area contributed by atoms with Crippen LogP contribution in [0.15, 0.2) is 58.9 Å². The Kier molecular flexibility index (Phi) is 4.25. The number of H-pyrrole nitrogens is 1. The van der Waals surface area contributed by atoms with Gasteiger partial charge in [0, 0.05) is 24.2 Å². The lowest BCUT2D eigenvalue weighted by Gasteiger charge is -2.25. The van der Waals surface area contributed by atoms with Gasteiger partial charge in [-0.3, -0.25) is 9.59 Å². The molecule has 160 valence electrons. The van der Waals surface area contributed by atoms with E-state index >= 15 is 0 Å². The molecule has 1 amide bonds. The Bertz CT molecular complexity index is 1200. The Morgan fingerprint density at radius 2 is 2.06 bits per heavy atom. The molecule has 2 aromatic rings. The molecule has 0 bridgehead atoms. The third-order valence-corrected chi connectivity index (χ3v) is 5.97. The van der Waals surface area contributed by atoms with Crippen molar-refractivity contribution in [2.75, 3.05) is 5.32 Å². The predicted molar refractivity (Wildman–Crippen MR) is 107 cm³/mol. The molecule has 2 aliphatic carbocycles. The van der Waals surface area contributed by atoms with Crippen molar-refractivity contribution in [2.45, 2.75) is 32.5 Å². The van der Waals surface area contributed by atoms with E-state index in [1.807, 2.05) is 13.0 Å². The number of nitrogens with one attached hydrogen (secondary N) is 2. The lowest BCUT2D eigenvalue weighted by molar-refractivity contribution is -0.336. The molecule has 2 N–H and O–H groups in total. The number of ether oxygens (including phenoxy) is 2. The molecule has 3 heterocycles. The average Bonchev–Trinajstić information content (AvgIpc) is 3.46. The third-order valence-electron chi connectivity index (χ3n) is 5.97. The minimum Gasteiger partial charge on any atom is -0.400 e. The number of carbonyl (C=O) groups excluding carboxylic acids is 1. The highest BCUT2D eigenvalue weighted by Crippen LogP contribution is 2.57. The van der Waals surface area contributed by atoms with Gasteiger partial charge in [0.05, 0.1) is 11.1 Å². The first kappa shape index (κ1) is 19.5. The number of nitrogens with zero attached hydrogens (tertiary/aromatic N) is 1. The maximum absolute atomic E-state index is 13.3. The fourth-order valence-corrected chi connectivity index (χ4v) is 4.14. The molecular formula is C22H19F2N3O4. The minimum absolute atomic E-state index is 0.0140. The van der Waals surface area contributed by atoms with Crippen molar-refractivity contribution < 1.29 is 23.0 Å². The van der Waals surface area contributed by atoms with E-state index in [2.05, 4.69) is 24.8 Å². The summed E-state index contributed by atoms with van der Waals surface area (Å²) in [6.45, 7) is 1.87. The molecule has 2 aromatic heterocycles. The Balaban J connectivity index is 1.35. The summed E-state index contributed by atoms with van der Waals surface area (Å²) in [7, 11) is 0. The quantitative estimate of drug-likeness (QED) is 0.773.